The molecule has 144 valence electrons. The molecule has 0 aliphatic heterocycles. The standard InChI is InChI=1S/C24H21N3O2/c1-17-5-2-3-8-22(17)19-9-11-20(12-10-19)24(29)26-14-13-23(28)27-21-7-4-6-18(15-21)16-25/h2-12,15H,13-14H2,1H3,(H,26,29)(H,27,28). The van der Waals surface area contributed by atoms with E-state index < -0.39 is 0 Å². The van der Waals surface area contributed by atoms with Crippen molar-refractivity contribution in [2.75, 3.05) is 11.9 Å². The number of hydrogen-bond donors (Lipinski definition) is 2. The summed E-state index contributed by atoms with van der Waals surface area (Å²) in [5, 5.41) is 14.4. The maximum atomic E-state index is 12.3. The first kappa shape index (κ1) is 19.8. The van der Waals surface area contributed by atoms with Gasteiger partial charge in [0.05, 0.1) is 11.6 Å². The second kappa shape index (κ2) is 9.34. The Labute approximate surface area is 170 Å². The molecule has 5 heteroatoms. The molecule has 0 aromatic heterocycles. The van der Waals surface area contributed by atoms with Crippen molar-refractivity contribution < 1.29 is 9.59 Å². The third-order valence-corrected chi connectivity index (χ3v) is 4.52. The molecule has 2 amide bonds. The quantitative estimate of drug-likeness (QED) is 0.666. The van der Waals surface area contributed by atoms with Gasteiger partial charge in [-0.05, 0) is 53.9 Å². The SMILES string of the molecule is Cc1ccccc1-c1ccc(C(=O)NCCC(=O)Nc2cccc(C#N)c2)cc1. The number of carbonyl (C=O) groups excluding carboxylic acids is 2. The van der Waals surface area contributed by atoms with E-state index in [-0.39, 0.29) is 24.8 Å². The van der Waals surface area contributed by atoms with E-state index in [1.165, 1.54) is 5.56 Å². The number of anilines is 1. The molecule has 3 aromatic carbocycles. The van der Waals surface area contributed by atoms with E-state index in [1.807, 2.05) is 30.3 Å². The highest BCUT2D eigenvalue weighted by atomic mass is 16.2. The molecule has 0 aliphatic carbocycles. The highest BCUT2D eigenvalue weighted by Crippen LogP contribution is 2.23. The molecule has 29 heavy (non-hydrogen) atoms. The number of nitrogens with zero attached hydrogens (tertiary/aromatic N) is 1. The van der Waals surface area contributed by atoms with Gasteiger partial charge in [0.2, 0.25) is 5.91 Å². The summed E-state index contributed by atoms with van der Waals surface area (Å²) in [6.07, 6.45) is 0.143. The van der Waals surface area contributed by atoms with Crippen LogP contribution in [0.1, 0.15) is 27.9 Å². The minimum absolute atomic E-state index is 0.143. The number of rotatable bonds is 6. The molecule has 0 fully saturated rings. The van der Waals surface area contributed by atoms with Crippen molar-refractivity contribution in [1.82, 2.24) is 5.32 Å². The van der Waals surface area contributed by atoms with Gasteiger partial charge in [-0.3, -0.25) is 9.59 Å². The van der Waals surface area contributed by atoms with Crippen LogP contribution < -0.4 is 10.6 Å². The van der Waals surface area contributed by atoms with E-state index >= 15 is 0 Å². The fraction of sp³-hybridized carbons (Fsp3) is 0.125. The van der Waals surface area contributed by atoms with Gasteiger partial charge in [0.1, 0.15) is 0 Å². The molecule has 2 N–H and O–H groups in total. The lowest BCUT2D eigenvalue weighted by molar-refractivity contribution is -0.116. The summed E-state index contributed by atoms with van der Waals surface area (Å²) in [4.78, 5) is 24.3. The third-order valence-electron chi connectivity index (χ3n) is 4.52. The molecule has 0 spiro atoms. The smallest absolute Gasteiger partial charge is 0.251 e. The number of benzene rings is 3. The molecule has 0 atom stereocenters. The van der Waals surface area contributed by atoms with E-state index in [1.54, 1.807) is 36.4 Å². The van der Waals surface area contributed by atoms with Gasteiger partial charge in [-0.2, -0.15) is 5.26 Å². The van der Waals surface area contributed by atoms with Crippen molar-refractivity contribution in [2.45, 2.75) is 13.3 Å². The normalized spacial score (nSPS) is 10.1. The van der Waals surface area contributed by atoms with Crippen molar-refractivity contribution in [2.24, 2.45) is 0 Å². The van der Waals surface area contributed by atoms with Crippen LogP contribution in [-0.2, 0) is 4.79 Å². The Morgan fingerprint density at radius 2 is 1.72 bits per heavy atom. The van der Waals surface area contributed by atoms with E-state index in [9.17, 15) is 9.59 Å². The molecule has 0 saturated heterocycles. The van der Waals surface area contributed by atoms with Crippen LogP contribution in [-0.4, -0.2) is 18.4 Å². The Morgan fingerprint density at radius 1 is 0.966 bits per heavy atom. The van der Waals surface area contributed by atoms with Crippen molar-refractivity contribution in [1.29, 1.82) is 5.26 Å². The van der Waals surface area contributed by atoms with Gasteiger partial charge in [-0.25, -0.2) is 0 Å². The van der Waals surface area contributed by atoms with Gasteiger partial charge in [0.15, 0.2) is 0 Å². The van der Waals surface area contributed by atoms with Gasteiger partial charge < -0.3 is 10.6 Å². The lowest BCUT2D eigenvalue weighted by Gasteiger charge is -2.09. The van der Waals surface area contributed by atoms with Crippen LogP contribution >= 0.6 is 0 Å². The summed E-state index contributed by atoms with van der Waals surface area (Å²) in [6, 6.07) is 24.2. The Hall–Kier alpha value is -3.91. The maximum absolute atomic E-state index is 12.3. The van der Waals surface area contributed by atoms with Crippen LogP contribution in [0, 0.1) is 18.3 Å². The highest BCUT2D eigenvalue weighted by Gasteiger charge is 2.08. The summed E-state index contributed by atoms with van der Waals surface area (Å²) in [5.74, 6) is -0.448. The Morgan fingerprint density at radius 3 is 2.45 bits per heavy atom. The van der Waals surface area contributed by atoms with E-state index in [0.717, 1.165) is 11.1 Å². The summed E-state index contributed by atoms with van der Waals surface area (Å²) in [6.45, 7) is 2.28. The van der Waals surface area contributed by atoms with Crippen LogP contribution in [0.2, 0.25) is 0 Å². The molecule has 0 bridgehead atoms. The lowest BCUT2D eigenvalue weighted by atomic mass is 9.99. The molecule has 0 saturated carbocycles. The Bertz CT molecular complexity index is 1070. The predicted molar refractivity (Wildman–Crippen MR) is 113 cm³/mol. The first-order valence-corrected chi connectivity index (χ1v) is 9.31. The summed E-state index contributed by atoms with van der Waals surface area (Å²) in [7, 11) is 0. The summed E-state index contributed by atoms with van der Waals surface area (Å²) >= 11 is 0. The second-order valence-corrected chi connectivity index (χ2v) is 6.64. The summed E-state index contributed by atoms with van der Waals surface area (Å²) < 4.78 is 0. The molecule has 0 unspecified atom stereocenters. The number of hydrogen-bond acceptors (Lipinski definition) is 3. The van der Waals surface area contributed by atoms with E-state index in [0.29, 0.717) is 16.8 Å². The zero-order valence-electron chi connectivity index (χ0n) is 16.1. The van der Waals surface area contributed by atoms with Gasteiger partial charge in [-0.15, -0.1) is 0 Å². The molecule has 0 heterocycles. The molecule has 0 aliphatic rings. The molecule has 3 aromatic rings. The maximum Gasteiger partial charge on any atom is 0.251 e. The molecule has 3 rings (SSSR count). The fourth-order valence-electron chi connectivity index (χ4n) is 2.98. The predicted octanol–water partition coefficient (Wildman–Crippen LogP) is 4.29. The first-order valence-electron chi connectivity index (χ1n) is 9.31. The number of amides is 2. The minimum Gasteiger partial charge on any atom is -0.352 e. The topological polar surface area (TPSA) is 82.0 Å². The largest absolute Gasteiger partial charge is 0.352 e. The zero-order valence-corrected chi connectivity index (χ0v) is 16.1. The molecule has 0 radical (unpaired) electrons. The fourth-order valence-corrected chi connectivity index (χ4v) is 2.98. The lowest BCUT2D eigenvalue weighted by Crippen LogP contribution is -2.27. The van der Waals surface area contributed by atoms with Crippen LogP contribution in [0.4, 0.5) is 5.69 Å². The average Bonchev–Trinajstić information content (AvgIpc) is 2.74. The Kier molecular flexibility index (Phi) is 6.39. The zero-order chi connectivity index (χ0) is 20.6. The van der Waals surface area contributed by atoms with Gasteiger partial charge in [-0.1, -0.05) is 42.5 Å². The van der Waals surface area contributed by atoms with Crippen molar-refractivity contribution >= 4 is 17.5 Å². The van der Waals surface area contributed by atoms with Crippen LogP contribution in [0.3, 0.4) is 0 Å². The number of aryl methyl sites for hydroxylation is 1. The molecule has 5 nitrogen and oxygen atoms in total. The van der Waals surface area contributed by atoms with Crippen molar-refractivity contribution in [3.05, 3.63) is 89.5 Å². The van der Waals surface area contributed by atoms with E-state index in [4.69, 9.17) is 5.26 Å². The van der Waals surface area contributed by atoms with Crippen molar-refractivity contribution in [3.63, 3.8) is 0 Å². The average molecular weight is 383 g/mol. The number of nitrogens with one attached hydrogen (secondary N) is 2. The minimum atomic E-state index is -0.227. The molecular weight excluding hydrogens is 362 g/mol. The summed E-state index contributed by atoms with van der Waals surface area (Å²) in [5.41, 5.74) is 4.95. The van der Waals surface area contributed by atoms with Crippen LogP contribution in [0.25, 0.3) is 11.1 Å². The number of nitriles is 1. The number of carbonyl (C=O) groups is 2. The Balaban J connectivity index is 1.51. The van der Waals surface area contributed by atoms with Gasteiger partial charge >= 0.3 is 0 Å². The highest BCUT2D eigenvalue weighted by molar-refractivity contribution is 5.95. The monoisotopic (exact) mass is 383 g/mol. The van der Waals surface area contributed by atoms with Crippen LogP contribution in [0.5, 0.6) is 0 Å². The van der Waals surface area contributed by atoms with E-state index in [2.05, 4.69) is 29.7 Å². The second-order valence-electron chi connectivity index (χ2n) is 6.64. The first-order chi connectivity index (χ1) is 14.1. The van der Waals surface area contributed by atoms with Crippen molar-refractivity contribution in [3.8, 4) is 17.2 Å². The molecular formula is C24H21N3O2. The van der Waals surface area contributed by atoms with Gasteiger partial charge in [0.25, 0.3) is 5.91 Å². The van der Waals surface area contributed by atoms with Crippen LogP contribution in [0.15, 0.2) is 72.8 Å². The third kappa shape index (κ3) is 5.30. The van der Waals surface area contributed by atoms with Gasteiger partial charge in [0, 0.05) is 24.2 Å².